The van der Waals surface area contributed by atoms with Crippen LogP contribution in [0.15, 0.2) is 47.7 Å². The van der Waals surface area contributed by atoms with Gasteiger partial charge in [0.15, 0.2) is 0 Å². The molecule has 94 valence electrons. The van der Waals surface area contributed by atoms with Crippen LogP contribution >= 0.6 is 0 Å². The molecule has 0 unspecified atom stereocenters. The van der Waals surface area contributed by atoms with Crippen molar-refractivity contribution in [2.75, 3.05) is 5.01 Å². The van der Waals surface area contributed by atoms with Crippen LogP contribution in [0.5, 0.6) is 0 Å². The lowest BCUT2D eigenvalue weighted by molar-refractivity contribution is 0.999. The smallest absolute Gasteiger partial charge is 0.0648 e. The third-order valence-corrected chi connectivity index (χ3v) is 1.74. The summed E-state index contributed by atoms with van der Waals surface area (Å²) in [6.07, 6.45) is 4.05. The maximum absolute atomic E-state index is 4.32. The summed E-state index contributed by atoms with van der Waals surface area (Å²) in [5.41, 5.74) is 1.96. The van der Waals surface area contributed by atoms with E-state index >= 15 is 0 Å². The zero-order valence-corrected chi connectivity index (χ0v) is 11.5. The van der Waals surface area contributed by atoms with Crippen molar-refractivity contribution in [2.45, 2.75) is 40.5 Å². The van der Waals surface area contributed by atoms with E-state index in [-0.39, 0.29) is 0 Å². The standard InChI is InChI=1S/C12H16N2.C3H8/c1-4-10-13-14(11(2)3)12-8-6-5-7-9-12;1-3-2/h5-10H,2,4H2,1,3H3;3H2,1-2H3/b13-10-;. The van der Waals surface area contributed by atoms with Crippen LogP contribution in [0.25, 0.3) is 0 Å². The van der Waals surface area contributed by atoms with E-state index in [4.69, 9.17) is 0 Å². The summed E-state index contributed by atoms with van der Waals surface area (Å²) in [6.45, 7) is 12.2. The molecular formula is C15H24N2. The predicted molar refractivity (Wildman–Crippen MR) is 78.5 cm³/mol. The number of allylic oxidation sites excluding steroid dienone is 1. The van der Waals surface area contributed by atoms with Crippen LogP contribution in [0.1, 0.15) is 40.5 Å². The summed E-state index contributed by atoms with van der Waals surface area (Å²) in [5, 5.41) is 6.16. The largest absolute Gasteiger partial charge is 0.239 e. The van der Waals surface area contributed by atoms with E-state index in [1.165, 1.54) is 6.42 Å². The maximum atomic E-state index is 4.32. The Hall–Kier alpha value is -1.57. The molecule has 0 aliphatic carbocycles. The molecule has 0 radical (unpaired) electrons. The Morgan fingerprint density at radius 3 is 2.18 bits per heavy atom. The fourth-order valence-corrected chi connectivity index (χ4v) is 1.12. The van der Waals surface area contributed by atoms with Crippen LogP contribution in [0.2, 0.25) is 0 Å². The molecule has 0 spiro atoms. The Balaban J connectivity index is 0.000000770. The Morgan fingerprint density at radius 2 is 1.76 bits per heavy atom. The molecule has 0 saturated heterocycles. The van der Waals surface area contributed by atoms with Crippen molar-refractivity contribution in [1.82, 2.24) is 0 Å². The van der Waals surface area contributed by atoms with Crippen LogP contribution in [-0.2, 0) is 0 Å². The van der Waals surface area contributed by atoms with E-state index in [1.807, 2.05) is 48.5 Å². The molecule has 1 aromatic carbocycles. The van der Waals surface area contributed by atoms with E-state index in [9.17, 15) is 0 Å². The first kappa shape index (κ1) is 15.4. The van der Waals surface area contributed by atoms with Gasteiger partial charge in [0.1, 0.15) is 0 Å². The molecule has 0 aliphatic heterocycles. The highest BCUT2D eigenvalue weighted by Crippen LogP contribution is 2.17. The van der Waals surface area contributed by atoms with Crippen molar-refractivity contribution in [2.24, 2.45) is 5.10 Å². The van der Waals surface area contributed by atoms with Gasteiger partial charge in [-0.3, -0.25) is 0 Å². The number of hydrogen-bond acceptors (Lipinski definition) is 2. The molecule has 0 amide bonds. The lowest BCUT2D eigenvalue weighted by Gasteiger charge is -2.18. The van der Waals surface area contributed by atoms with Gasteiger partial charge in [-0.2, -0.15) is 5.10 Å². The van der Waals surface area contributed by atoms with Crippen LogP contribution in [0, 0.1) is 0 Å². The second kappa shape index (κ2) is 9.64. The number of benzene rings is 1. The molecule has 0 heterocycles. The minimum absolute atomic E-state index is 0.918. The minimum atomic E-state index is 0.918. The summed E-state index contributed by atoms with van der Waals surface area (Å²) in [4.78, 5) is 0. The van der Waals surface area contributed by atoms with Gasteiger partial charge in [0.05, 0.1) is 5.69 Å². The van der Waals surface area contributed by atoms with Gasteiger partial charge in [0.25, 0.3) is 0 Å². The Morgan fingerprint density at radius 1 is 1.24 bits per heavy atom. The van der Waals surface area contributed by atoms with Gasteiger partial charge in [0, 0.05) is 11.9 Å². The van der Waals surface area contributed by atoms with Crippen LogP contribution in [0.3, 0.4) is 0 Å². The van der Waals surface area contributed by atoms with Crippen LogP contribution < -0.4 is 5.01 Å². The fourth-order valence-electron chi connectivity index (χ4n) is 1.12. The fraction of sp³-hybridized carbons (Fsp3) is 0.400. The summed E-state index contributed by atoms with van der Waals surface area (Å²) < 4.78 is 0. The van der Waals surface area contributed by atoms with Crippen molar-refractivity contribution >= 4 is 11.9 Å². The molecule has 0 atom stereocenters. The zero-order valence-electron chi connectivity index (χ0n) is 11.5. The molecule has 2 heteroatoms. The highest BCUT2D eigenvalue weighted by molar-refractivity contribution is 5.61. The normalized spacial score (nSPS) is 9.65. The van der Waals surface area contributed by atoms with E-state index in [0.29, 0.717) is 0 Å². The average molecular weight is 232 g/mol. The molecule has 17 heavy (non-hydrogen) atoms. The van der Waals surface area contributed by atoms with Gasteiger partial charge >= 0.3 is 0 Å². The molecule has 0 aliphatic rings. The van der Waals surface area contributed by atoms with Crippen LogP contribution in [-0.4, -0.2) is 6.21 Å². The summed E-state index contributed by atoms with van der Waals surface area (Å²) in [5.74, 6) is 0. The Kier molecular flexibility index (Phi) is 8.75. The maximum Gasteiger partial charge on any atom is 0.0648 e. The van der Waals surface area contributed by atoms with E-state index in [1.54, 1.807) is 0 Å². The number of hydrogen-bond donors (Lipinski definition) is 0. The first-order valence-corrected chi connectivity index (χ1v) is 6.20. The first-order valence-electron chi connectivity index (χ1n) is 6.20. The summed E-state index contributed by atoms with van der Waals surface area (Å²) >= 11 is 0. The van der Waals surface area contributed by atoms with Gasteiger partial charge in [-0.25, -0.2) is 5.01 Å². The number of anilines is 1. The van der Waals surface area contributed by atoms with Crippen LogP contribution in [0.4, 0.5) is 5.69 Å². The minimum Gasteiger partial charge on any atom is -0.239 e. The van der Waals surface area contributed by atoms with E-state index in [2.05, 4.69) is 32.5 Å². The van der Waals surface area contributed by atoms with Gasteiger partial charge in [-0.05, 0) is 25.5 Å². The topological polar surface area (TPSA) is 15.6 Å². The van der Waals surface area contributed by atoms with Gasteiger partial charge < -0.3 is 0 Å². The molecule has 0 fully saturated rings. The van der Waals surface area contributed by atoms with Gasteiger partial charge in [-0.15, -0.1) is 0 Å². The zero-order chi connectivity index (χ0) is 13.1. The lowest BCUT2D eigenvalue weighted by atomic mass is 10.3. The second-order valence-corrected chi connectivity index (χ2v) is 3.80. The Bertz CT molecular complexity index is 328. The summed E-state index contributed by atoms with van der Waals surface area (Å²) in [7, 11) is 0. The van der Waals surface area contributed by atoms with E-state index in [0.717, 1.165) is 17.8 Å². The lowest BCUT2D eigenvalue weighted by Crippen LogP contribution is -2.12. The monoisotopic (exact) mass is 232 g/mol. The SMILES string of the molecule is C=C(C)N(/N=C\CC)c1ccccc1.CCC. The number of nitrogens with zero attached hydrogens (tertiary/aromatic N) is 2. The Labute approximate surface area is 106 Å². The predicted octanol–water partition coefficient (Wildman–Crippen LogP) is 4.84. The molecule has 0 N–H and O–H groups in total. The highest BCUT2D eigenvalue weighted by Gasteiger charge is 2.02. The van der Waals surface area contributed by atoms with Crippen molar-refractivity contribution in [3.8, 4) is 0 Å². The summed E-state index contributed by atoms with van der Waals surface area (Å²) in [6, 6.07) is 10.0. The van der Waals surface area contributed by atoms with Gasteiger partial charge in [0.2, 0.25) is 0 Å². The number of para-hydroxylation sites is 1. The quantitative estimate of drug-likeness (QED) is 0.536. The van der Waals surface area contributed by atoms with Gasteiger partial charge in [-0.1, -0.05) is 52.0 Å². The van der Waals surface area contributed by atoms with Crippen molar-refractivity contribution < 1.29 is 0 Å². The van der Waals surface area contributed by atoms with Crippen molar-refractivity contribution in [3.05, 3.63) is 42.6 Å². The third-order valence-electron chi connectivity index (χ3n) is 1.74. The molecule has 1 aromatic rings. The number of hydrazone groups is 1. The molecule has 0 bridgehead atoms. The molecule has 1 rings (SSSR count). The first-order chi connectivity index (χ1) is 8.17. The highest BCUT2D eigenvalue weighted by atomic mass is 15.5. The average Bonchev–Trinajstić information content (AvgIpc) is 2.31. The van der Waals surface area contributed by atoms with Crippen molar-refractivity contribution in [1.29, 1.82) is 0 Å². The number of rotatable bonds is 4. The molecule has 0 saturated carbocycles. The molecular weight excluding hydrogens is 208 g/mol. The van der Waals surface area contributed by atoms with E-state index < -0.39 is 0 Å². The third kappa shape index (κ3) is 6.56. The second-order valence-electron chi connectivity index (χ2n) is 3.80. The molecule has 0 aromatic heterocycles. The molecule has 2 nitrogen and oxygen atoms in total. The van der Waals surface area contributed by atoms with Crippen molar-refractivity contribution in [3.63, 3.8) is 0 Å².